The molecule has 0 radical (unpaired) electrons. The van der Waals surface area contributed by atoms with Crippen molar-refractivity contribution in [2.45, 2.75) is 38.3 Å². The molecule has 0 aliphatic carbocycles. The van der Waals surface area contributed by atoms with Crippen molar-refractivity contribution >= 4 is 24.1 Å². The smallest absolute Gasteiger partial charge is 0.223 e. The summed E-state index contributed by atoms with van der Waals surface area (Å²) in [5, 5.41) is 6.63. The van der Waals surface area contributed by atoms with Crippen LogP contribution in [0.25, 0.3) is 0 Å². The number of carbonyl (C=O) groups excluding carboxylic acids is 1. The molecule has 6 heteroatoms. The second-order valence-corrected chi connectivity index (χ2v) is 6.20. The summed E-state index contributed by atoms with van der Waals surface area (Å²) in [7, 11) is 0. The molecule has 1 unspecified atom stereocenters. The summed E-state index contributed by atoms with van der Waals surface area (Å²) in [6.07, 6.45) is 4.72. The van der Waals surface area contributed by atoms with E-state index in [1.54, 1.807) is 0 Å². The Morgan fingerprint density at radius 1 is 1.41 bits per heavy atom. The highest BCUT2D eigenvalue weighted by Crippen LogP contribution is 2.20. The SMILES string of the molecule is C[C@H]1C[C@@H](C(=O)NC2CCN(c3ccccn3)C2)CCN1.Cl. The van der Waals surface area contributed by atoms with Crippen LogP contribution >= 0.6 is 12.4 Å². The third kappa shape index (κ3) is 4.11. The molecule has 0 aromatic carbocycles. The van der Waals surface area contributed by atoms with Crippen LogP contribution in [0.2, 0.25) is 0 Å². The number of nitrogens with zero attached hydrogens (tertiary/aromatic N) is 2. The minimum atomic E-state index is 0. The minimum absolute atomic E-state index is 0. The Balaban J connectivity index is 0.00000176. The summed E-state index contributed by atoms with van der Waals surface area (Å²) in [6.45, 7) is 4.93. The second kappa shape index (κ2) is 7.79. The number of piperidine rings is 1. The van der Waals surface area contributed by atoms with Crippen LogP contribution in [0.5, 0.6) is 0 Å². The van der Waals surface area contributed by atoms with Crippen molar-refractivity contribution in [2.75, 3.05) is 24.5 Å². The first-order chi connectivity index (χ1) is 10.2. The average Bonchev–Trinajstić information content (AvgIpc) is 2.97. The zero-order valence-electron chi connectivity index (χ0n) is 13.0. The molecule has 3 heterocycles. The summed E-state index contributed by atoms with van der Waals surface area (Å²) in [5.41, 5.74) is 0. The topological polar surface area (TPSA) is 57.3 Å². The fourth-order valence-electron chi connectivity index (χ4n) is 3.32. The maximum absolute atomic E-state index is 12.4. The van der Waals surface area contributed by atoms with Crippen molar-refractivity contribution in [3.05, 3.63) is 24.4 Å². The first-order valence-corrected chi connectivity index (χ1v) is 7.92. The maximum atomic E-state index is 12.4. The molecule has 22 heavy (non-hydrogen) atoms. The highest BCUT2D eigenvalue weighted by atomic mass is 35.5. The van der Waals surface area contributed by atoms with E-state index >= 15 is 0 Å². The summed E-state index contributed by atoms with van der Waals surface area (Å²) >= 11 is 0. The monoisotopic (exact) mass is 324 g/mol. The van der Waals surface area contributed by atoms with E-state index in [1.165, 1.54) is 0 Å². The molecule has 2 N–H and O–H groups in total. The van der Waals surface area contributed by atoms with Gasteiger partial charge in [0.25, 0.3) is 0 Å². The van der Waals surface area contributed by atoms with Crippen LogP contribution in [-0.4, -0.2) is 42.6 Å². The van der Waals surface area contributed by atoms with Crippen molar-refractivity contribution in [3.63, 3.8) is 0 Å². The summed E-state index contributed by atoms with van der Waals surface area (Å²) in [5.74, 6) is 1.41. The van der Waals surface area contributed by atoms with Gasteiger partial charge in [-0.3, -0.25) is 4.79 Å². The van der Waals surface area contributed by atoms with Gasteiger partial charge in [0, 0.05) is 37.3 Å². The van der Waals surface area contributed by atoms with Gasteiger partial charge < -0.3 is 15.5 Å². The molecule has 2 aliphatic rings. The van der Waals surface area contributed by atoms with E-state index in [4.69, 9.17) is 0 Å². The number of rotatable bonds is 3. The van der Waals surface area contributed by atoms with Crippen LogP contribution in [0.3, 0.4) is 0 Å². The Bertz CT molecular complexity index is 484. The lowest BCUT2D eigenvalue weighted by Gasteiger charge is -2.28. The molecule has 3 atom stereocenters. The summed E-state index contributed by atoms with van der Waals surface area (Å²) in [6, 6.07) is 6.66. The Morgan fingerprint density at radius 2 is 2.27 bits per heavy atom. The summed E-state index contributed by atoms with van der Waals surface area (Å²) < 4.78 is 0. The van der Waals surface area contributed by atoms with E-state index in [2.05, 4.69) is 27.4 Å². The molecule has 0 bridgehead atoms. The Labute approximate surface area is 138 Å². The lowest BCUT2D eigenvalue weighted by atomic mass is 9.92. The van der Waals surface area contributed by atoms with Gasteiger partial charge in [-0.2, -0.15) is 0 Å². The number of anilines is 1. The molecule has 2 fully saturated rings. The lowest BCUT2D eigenvalue weighted by Crippen LogP contribution is -2.46. The van der Waals surface area contributed by atoms with Gasteiger partial charge in [0.2, 0.25) is 5.91 Å². The van der Waals surface area contributed by atoms with Gasteiger partial charge in [0.05, 0.1) is 0 Å². The quantitative estimate of drug-likeness (QED) is 0.886. The molecule has 0 saturated carbocycles. The van der Waals surface area contributed by atoms with Gasteiger partial charge in [0.1, 0.15) is 5.82 Å². The first kappa shape index (κ1) is 17.0. The van der Waals surface area contributed by atoms with E-state index in [0.29, 0.717) is 6.04 Å². The van der Waals surface area contributed by atoms with Crippen molar-refractivity contribution in [3.8, 4) is 0 Å². The highest BCUT2D eigenvalue weighted by molar-refractivity contribution is 5.85. The maximum Gasteiger partial charge on any atom is 0.223 e. The number of nitrogens with one attached hydrogen (secondary N) is 2. The normalized spacial score (nSPS) is 28.0. The number of amides is 1. The summed E-state index contributed by atoms with van der Waals surface area (Å²) in [4.78, 5) is 19.0. The average molecular weight is 325 g/mol. The van der Waals surface area contributed by atoms with E-state index in [1.807, 2.05) is 24.4 Å². The predicted octanol–water partition coefficient (Wildman–Crippen LogP) is 1.59. The van der Waals surface area contributed by atoms with Gasteiger partial charge in [-0.25, -0.2) is 4.98 Å². The number of hydrogen-bond donors (Lipinski definition) is 2. The third-order valence-electron chi connectivity index (χ3n) is 4.50. The number of pyridine rings is 1. The molecular formula is C16H25ClN4O. The lowest BCUT2D eigenvalue weighted by molar-refractivity contribution is -0.126. The minimum Gasteiger partial charge on any atom is -0.354 e. The molecule has 1 aromatic rings. The van der Waals surface area contributed by atoms with Crippen LogP contribution in [0.4, 0.5) is 5.82 Å². The van der Waals surface area contributed by atoms with Crippen molar-refractivity contribution in [2.24, 2.45) is 5.92 Å². The first-order valence-electron chi connectivity index (χ1n) is 7.92. The van der Waals surface area contributed by atoms with Crippen LogP contribution in [-0.2, 0) is 4.79 Å². The molecule has 2 saturated heterocycles. The van der Waals surface area contributed by atoms with Gasteiger partial charge in [-0.1, -0.05) is 6.07 Å². The number of carbonyl (C=O) groups is 1. The Kier molecular flexibility index (Phi) is 6.03. The van der Waals surface area contributed by atoms with E-state index in [0.717, 1.165) is 44.7 Å². The molecule has 1 aromatic heterocycles. The van der Waals surface area contributed by atoms with Gasteiger partial charge >= 0.3 is 0 Å². The molecular weight excluding hydrogens is 300 g/mol. The highest BCUT2D eigenvalue weighted by Gasteiger charge is 2.29. The van der Waals surface area contributed by atoms with Crippen LogP contribution < -0.4 is 15.5 Å². The van der Waals surface area contributed by atoms with Crippen molar-refractivity contribution in [1.29, 1.82) is 0 Å². The molecule has 3 rings (SSSR count). The standard InChI is InChI=1S/C16H24N4O.ClH/c1-12-10-13(5-8-17-12)16(21)19-14-6-9-20(11-14)15-4-2-3-7-18-15;/h2-4,7,12-14,17H,5-6,8-11H2,1H3,(H,19,21);1H/t12-,13-,14?;/m0./s1. The van der Waals surface area contributed by atoms with Crippen molar-refractivity contribution < 1.29 is 4.79 Å². The second-order valence-electron chi connectivity index (χ2n) is 6.20. The fraction of sp³-hybridized carbons (Fsp3) is 0.625. The number of halogens is 1. The molecule has 0 spiro atoms. The van der Waals surface area contributed by atoms with Gasteiger partial charge in [-0.15, -0.1) is 12.4 Å². The molecule has 1 amide bonds. The molecule has 2 aliphatic heterocycles. The number of hydrogen-bond acceptors (Lipinski definition) is 4. The van der Waals surface area contributed by atoms with E-state index < -0.39 is 0 Å². The Hall–Kier alpha value is -1.33. The number of aromatic nitrogens is 1. The predicted molar refractivity (Wildman–Crippen MR) is 90.4 cm³/mol. The van der Waals surface area contributed by atoms with Crippen molar-refractivity contribution in [1.82, 2.24) is 15.6 Å². The van der Waals surface area contributed by atoms with Crippen LogP contribution in [0, 0.1) is 5.92 Å². The molecule has 5 nitrogen and oxygen atoms in total. The van der Waals surface area contributed by atoms with Crippen LogP contribution in [0.1, 0.15) is 26.2 Å². The largest absolute Gasteiger partial charge is 0.354 e. The van der Waals surface area contributed by atoms with E-state index in [9.17, 15) is 4.79 Å². The zero-order chi connectivity index (χ0) is 14.7. The fourth-order valence-corrected chi connectivity index (χ4v) is 3.32. The van der Waals surface area contributed by atoms with Crippen LogP contribution in [0.15, 0.2) is 24.4 Å². The van der Waals surface area contributed by atoms with Gasteiger partial charge in [-0.05, 0) is 44.9 Å². The Morgan fingerprint density at radius 3 is 3.00 bits per heavy atom. The van der Waals surface area contributed by atoms with Gasteiger partial charge in [0.15, 0.2) is 0 Å². The third-order valence-corrected chi connectivity index (χ3v) is 4.50. The van der Waals surface area contributed by atoms with E-state index in [-0.39, 0.29) is 30.3 Å². The molecule has 122 valence electrons. The zero-order valence-corrected chi connectivity index (χ0v) is 13.8.